The van der Waals surface area contributed by atoms with Crippen LogP contribution in [0.15, 0.2) is 24.3 Å². The Morgan fingerprint density at radius 1 is 1.46 bits per heavy atom. The van der Waals surface area contributed by atoms with Crippen LogP contribution in [0.5, 0.6) is 0 Å². The topological polar surface area (TPSA) is 43.1 Å². The van der Waals surface area contributed by atoms with E-state index in [-0.39, 0.29) is 5.69 Å². The van der Waals surface area contributed by atoms with Gasteiger partial charge >= 0.3 is 0 Å². The van der Waals surface area contributed by atoms with E-state index in [1.807, 2.05) is 5.75 Å². The summed E-state index contributed by atoms with van der Waals surface area (Å²) in [4.78, 5) is 9.92. The number of benzene rings is 1. The fraction of sp³-hybridized carbons (Fsp3) is 0.222. The summed E-state index contributed by atoms with van der Waals surface area (Å²) in [5.41, 5.74) is 1.15. The predicted molar refractivity (Wildman–Crippen MR) is 54.6 cm³/mol. The Hall–Kier alpha value is -1.03. The van der Waals surface area contributed by atoms with Crippen LogP contribution in [0.25, 0.3) is 0 Å². The second kappa shape index (κ2) is 4.87. The first-order valence-electron chi connectivity index (χ1n) is 3.93. The lowest BCUT2D eigenvalue weighted by Crippen LogP contribution is -1.87. The fourth-order valence-electron chi connectivity index (χ4n) is 0.854. The van der Waals surface area contributed by atoms with Crippen LogP contribution in [0.1, 0.15) is 12.5 Å². The summed E-state index contributed by atoms with van der Waals surface area (Å²) in [5, 5.41) is 10.3. The third-order valence-electron chi connectivity index (χ3n) is 1.49. The molecule has 1 aromatic carbocycles. The summed E-state index contributed by atoms with van der Waals surface area (Å²) in [6, 6.07) is 6.53. The van der Waals surface area contributed by atoms with Crippen molar-refractivity contribution in [1.29, 1.82) is 0 Å². The van der Waals surface area contributed by atoms with Crippen molar-refractivity contribution in [3.05, 3.63) is 45.7 Å². The summed E-state index contributed by atoms with van der Waals surface area (Å²) >= 11 is 1.68. The van der Waals surface area contributed by atoms with Gasteiger partial charge in [-0.3, -0.25) is 10.1 Å². The number of hydrogen-bond acceptors (Lipinski definition) is 3. The van der Waals surface area contributed by atoms with Gasteiger partial charge in [0.05, 0.1) is 4.92 Å². The first kappa shape index (κ1) is 10.1. The number of rotatable bonds is 4. The molecule has 0 spiro atoms. The van der Waals surface area contributed by atoms with Crippen molar-refractivity contribution in [2.75, 3.05) is 5.75 Å². The molecule has 0 aliphatic heterocycles. The molecule has 0 saturated carbocycles. The molecule has 1 radical (unpaired) electrons. The van der Waals surface area contributed by atoms with E-state index in [0.717, 1.165) is 11.3 Å². The van der Waals surface area contributed by atoms with E-state index in [1.165, 1.54) is 12.1 Å². The van der Waals surface area contributed by atoms with Gasteiger partial charge in [0.1, 0.15) is 0 Å². The summed E-state index contributed by atoms with van der Waals surface area (Å²) in [6.07, 6.45) is 0. The Labute approximate surface area is 81.3 Å². The second-order valence-electron chi connectivity index (χ2n) is 2.42. The van der Waals surface area contributed by atoms with Crippen molar-refractivity contribution in [1.82, 2.24) is 0 Å². The second-order valence-corrected chi connectivity index (χ2v) is 3.57. The maximum atomic E-state index is 10.3. The molecule has 1 rings (SSSR count). The number of nitro groups is 1. The molecule has 0 aromatic heterocycles. The zero-order valence-corrected chi connectivity index (χ0v) is 8.08. The lowest BCUT2D eigenvalue weighted by molar-refractivity contribution is -0.384. The molecular weight excluding hydrogens is 186 g/mol. The third kappa shape index (κ3) is 3.06. The lowest BCUT2D eigenvalue weighted by Gasteiger charge is -1.97. The maximum absolute atomic E-state index is 10.3. The first-order valence-corrected chi connectivity index (χ1v) is 4.98. The molecule has 0 saturated heterocycles. The van der Waals surface area contributed by atoms with Crippen LogP contribution in [0.3, 0.4) is 0 Å². The average molecular weight is 196 g/mol. The highest BCUT2D eigenvalue weighted by molar-refractivity contribution is 8.01. The molecule has 0 N–H and O–H groups in total. The van der Waals surface area contributed by atoms with Crippen molar-refractivity contribution >= 4 is 17.4 Å². The van der Waals surface area contributed by atoms with E-state index in [0.29, 0.717) is 0 Å². The fourth-order valence-corrected chi connectivity index (χ4v) is 1.37. The van der Waals surface area contributed by atoms with Crippen LogP contribution in [0.4, 0.5) is 5.69 Å². The van der Waals surface area contributed by atoms with Crippen LogP contribution in [-0.2, 0) is 0 Å². The van der Waals surface area contributed by atoms with E-state index in [4.69, 9.17) is 0 Å². The van der Waals surface area contributed by atoms with Gasteiger partial charge in [-0.2, -0.15) is 11.8 Å². The van der Waals surface area contributed by atoms with Gasteiger partial charge in [0.25, 0.3) is 5.69 Å². The predicted octanol–water partition coefficient (Wildman–Crippen LogP) is 2.86. The van der Waals surface area contributed by atoms with Gasteiger partial charge in [0.2, 0.25) is 0 Å². The van der Waals surface area contributed by atoms with E-state index >= 15 is 0 Å². The molecule has 0 amide bonds. The molecule has 13 heavy (non-hydrogen) atoms. The Kier molecular flexibility index (Phi) is 3.76. The molecule has 0 aliphatic rings. The van der Waals surface area contributed by atoms with Crippen LogP contribution in [0.2, 0.25) is 0 Å². The summed E-state index contributed by atoms with van der Waals surface area (Å²) in [6.45, 7) is 2.06. The van der Waals surface area contributed by atoms with Gasteiger partial charge in [0.15, 0.2) is 0 Å². The van der Waals surface area contributed by atoms with E-state index in [1.54, 1.807) is 23.9 Å². The zero-order chi connectivity index (χ0) is 9.68. The zero-order valence-electron chi connectivity index (χ0n) is 7.27. The molecular formula is C9H10NO2S. The van der Waals surface area contributed by atoms with Crippen LogP contribution in [0, 0.1) is 15.9 Å². The summed E-state index contributed by atoms with van der Waals surface area (Å²) in [5.74, 6) is 3.00. The molecule has 0 aliphatic carbocycles. The Morgan fingerprint density at radius 3 is 2.54 bits per heavy atom. The molecule has 3 nitrogen and oxygen atoms in total. The summed E-state index contributed by atoms with van der Waals surface area (Å²) in [7, 11) is 0. The maximum Gasteiger partial charge on any atom is 0.269 e. The molecule has 0 bridgehead atoms. The number of nitro benzene ring substituents is 1. The normalized spacial score (nSPS) is 9.92. The van der Waals surface area contributed by atoms with Gasteiger partial charge in [0, 0.05) is 17.9 Å². The van der Waals surface area contributed by atoms with E-state index in [9.17, 15) is 10.1 Å². The van der Waals surface area contributed by atoms with Crippen LogP contribution in [-0.4, -0.2) is 10.7 Å². The minimum Gasteiger partial charge on any atom is -0.258 e. The van der Waals surface area contributed by atoms with Gasteiger partial charge in [-0.1, -0.05) is 19.1 Å². The molecule has 0 fully saturated rings. The van der Waals surface area contributed by atoms with E-state index < -0.39 is 4.92 Å². The van der Waals surface area contributed by atoms with Crippen molar-refractivity contribution < 1.29 is 4.92 Å². The quantitative estimate of drug-likeness (QED) is 0.549. The van der Waals surface area contributed by atoms with Gasteiger partial charge in [-0.25, -0.2) is 0 Å². The first-order chi connectivity index (χ1) is 6.24. The standard InChI is InChI=1S/C9H10NO2S/c1-2-13-7-8-3-5-9(6-4-8)10(11)12/h3-7H,2H2,1H3. The molecule has 1 aromatic rings. The molecule has 0 atom stereocenters. The molecule has 0 heterocycles. The lowest BCUT2D eigenvalue weighted by atomic mass is 10.2. The molecule has 69 valence electrons. The van der Waals surface area contributed by atoms with Crippen molar-refractivity contribution in [3.63, 3.8) is 0 Å². The Bertz CT molecular complexity index is 284. The average Bonchev–Trinajstić information content (AvgIpc) is 2.15. The minimum absolute atomic E-state index is 0.138. The Morgan fingerprint density at radius 2 is 2.08 bits per heavy atom. The number of hydrogen-bond donors (Lipinski definition) is 0. The van der Waals surface area contributed by atoms with Crippen molar-refractivity contribution in [2.24, 2.45) is 0 Å². The number of non-ortho nitro benzene ring substituents is 1. The van der Waals surface area contributed by atoms with E-state index in [2.05, 4.69) is 6.92 Å². The largest absolute Gasteiger partial charge is 0.269 e. The molecule has 4 heteroatoms. The monoisotopic (exact) mass is 196 g/mol. The van der Waals surface area contributed by atoms with Crippen molar-refractivity contribution in [3.8, 4) is 0 Å². The highest BCUT2D eigenvalue weighted by atomic mass is 32.2. The van der Waals surface area contributed by atoms with Gasteiger partial charge in [-0.05, 0) is 11.3 Å². The van der Waals surface area contributed by atoms with Crippen LogP contribution >= 0.6 is 11.8 Å². The molecule has 0 unspecified atom stereocenters. The number of thioether (sulfide) groups is 1. The van der Waals surface area contributed by atoms with Gasteiger partial charge < -0.3 is 0 Å². The number of nitrogens with zero attached hydrogens (tertiary/aromatic N) is 1. The summed E-state index contributed by atoms with van der Waals surface area (Å²) < 4.78 is 0. The highest BCUT2D eigenvalue weighted by Gasteiger charge is 2.03. The van der Waals surface area contributed by atoms with Crippen molar-refractivity contribution in [2.45, 2.75) is 6.92 Å². The minimum atomic E-state index is -0.392. The van der Waals surface area contributed by atoms with Crippen LogP contribution < -0.4 is 0 Å². The SMILES string of the molecule is CCS[CH]c1ccc([N+](=O)[O-])cc1. The highest BCUT2D eigenvalue weighted by Crippen LogP contribution is 2.17. The Balaban J connectivity index is 2.64. The third-order valence-corrected chi connectivity index (χ3v) is 2.26. The smallest absolute Gasteiger partial charge is 0.258 e. The van der Waals surface area contributed by atoms with Gasteiger partial charge in [-0.15, -0.1) is 0 Å².